The molecule has 1 amide bonds. The third kappa shape index (κ3) is 2.21. The number of nitrogens with one attached hydrogen (secondary N) is 1. The van der Waals surface area contributed by atoms with Crippen molar-refractivity contribution >= 4 is 17.0 Å². The highest BCUT2D eigenvalue weighted by Crippen LogP contribution is 2.19. The average molecular weight is 259 g/mol. The Morgan fingerprint density at radius 2 is 2.37 bits per heavy atom. The Hall–Kier alpha value is -1.88. The highest BCUT2D eigenvalue weighted by atomic mass is 16.3. The van der Waals surface area contributed by atoms with Crippen LogP contribution in [0.5, 0.6) is 0 Å². The molecule has 1 aliphatic heterocycles. The number of nitrogens with zero attached hydrogens (tertiary/aromatic N) is 2. The van der Waals surface area contributed by atoms with Crippen molar-refractivity contribution in [2.45, 2.75) is 19.9 Å². The Morgan fingerprint density at radius 1 is 1.53 bits per heavy atom. The lowest BCUT2D eigenvalue weighted by molar-refractivity contribution is 0.0656. The zero-order valence-electron chi connectivity index (χ0n) is 11.1. The molecule has 0 aliphatic carbocycles. The van der Waals surface area contributed by atoms with Gasteiger partial charge in [0.25, 0.3) is 5.91 Å². The summed E-state index contributed by atoms with van der Waals surface area (Å²) < 4.78 is 5.48. The molecule has 0 spiro atoms. The summed E-state index contributed by atoms with van der Waals surface area (Å²) in [5, 5.41) is 3.28. The van der Waals surface area contributed by atoms with Gasteiger partial charge in [-0.3, -0.25) is 4.79 Å². The van der Waals surface area contributed by atoms with E-state index in [1.54, 1.807) is 13.0 Å². The van der Waals surface area contributed by atoms with Gasteiger partial charge in [0.15, 0.2) is 11.5 Å². The summed E-state index contributed by atoms with van der Waals surface area (Å²) in [5.74, 6) is 0.681. The van der Waals surface area contributed by atoms with Crippen LogP contribution in [0, 0.1) is 6.92 Å². The van der Waals surface area contributed by atoms with Crippen LogP contribution in [0.3, 0.4) is 0 Å². The fourth-order valence-corrected chi connectivity index (χ4v) is 2.48. The minimum Gasteiger partial charge on any atom is -0.441 e. The summed E-state index contributed by atoms with van der Waals surface area (Å²) in [4.78, 5) is 18.6. The standard InChI is InChI=1S/C14H17N3O2/c1-9-8-15-5-6-17(9)14(18)11-3-4-12-13(7-11)19-10(2)16-12/h3-4,7,9,15H,5-6,8H2,1-2H3. The number of rotatable bonds is 1. The minimum atomic E-state index is 0.0601. The highest BCUT2D eigenvalue weighted by Gasteiger charge is 2.24. The molecular formula is C14H17N3O2. The molecule has 0 bridgehead atoms. The Morgan fingerprint density at radius 3 is 3.16 bits per heavy atom. The second-order valence-corrected chi connectivity index (χ2v) is 4.97. The molecule has 2 aromatic rings. The normalized spacial score (nSPS) is 19.9. The highest BCUT2D eigenvalue weighted by molar-refractivity contribution is 5.97. The number of aromatic nitrogens is 1. The van der Waals surface area contributed by atoms with Gasteiger partial charge >= 0.3 is 0 Å². The molecule has 100 valence electrons. The molecule has 2 heterocycles. The largest absolute Gasteiger partial charge is 0.441 e. The second kappa shape index (κ2) is 4.66. The van der Waals surface area contributed by atoms with E-state index in [4.69, 9.17) is 4.42 Å². The topological polar surface area (TPSA) is 58.4 Å². The van der Waals surface area contributed by atoms with Crippen molar-refractivity contribution in [3.05, 3.63) is 29.7 Å². The summed E-state index contributed by atoms with van der Waals surface area (Å²) in [6.07, 6.45) is 0. The van der Waals surface area contributed by atoms with Crippen molar-refractivity contribution in [2.75, 3.05) is 19.6 Å². The maximum absolute atomic E-state index is 12.5. The molecule has 0 radical (unpaired) electrons. The fraction of sp³-hybridized carbons (Fsp3) is 0.429. The molecule has 0 saturated carbocycles. The van der Waals surface area contributed by atoms with Crippen molar-refractivity contribution in [3.63, 3.8) is 0 Å². The van der Waals surface area contributed by atoms with Gasteiger partial charge in [-0.1, -0.05) is 0 Å². The molecule has 5 nitrogen and oxygen atoms in total. The van der Waals surface area contributed by atoms with Crippen molar-refractivity contribution in [1.82, 2.24) is 15.2 Å². The summed E-state index contributed by atoms with van der Waals surface area (Å²) in [5.41, 5.74) is 2.13. The van der Waals surface area contributed by atoms with Crippen LogP contribution in [0.2, 0.25) is 0 Å². The van der Waals surface area contributed by atoms with E-state index in [1.165, 1.54) is 0 Å². The predicted molar refractivity (Wildman–Crippen MR) is 72.1 cm³/mol. The number of carbonyl (C=O) groups excluding carboxylic acids is 1. The summed E-state index contributed by atoms with van der Waals surface area (Å²) in [6, 6.07) is 5.66. The van der Waals surface area contributed by atoms with Crippen molar-refractivity contribution < 1.29 is 9.21 Å². The third-order valence-corrected chi connectivity index (χ3v) is 3.50. The van der Waals surface area contributed by atoms with Gasteiger partial charge in [0.2, 0.25) is 0 Å². The summed E-state index contributed by atoms with van der Waals surface area (Å²) in [7, 11) is 0. The molecule has 1 atom stereocenters. The number of piperazine rings is 1. The number of fused-ring (bicyclic) bond motifs is 1. The minimum absolute atomic E-state index is 0.0601. The zero-order valence-corrected chi connectivity index (χ0v) is 11.1. The molecular weight excluding hydrogens is 242 g/mol. The van der Waals surface area contributed by atoms with Gasteiger partial charge in [-0.15, -0.1) is 0 Å². The number of carbonyl (C=O) groups is 1. The number of amides is 1. The SMILES string of the molecule is Cc1nc2ccc(C(=O)N3CCNCC3C)cc2o1. The lowest BCUT2D eigenvalue weighted by Crippen LogP contribution is -2.52. The van der Waals surface area contributed by atoms with Crippen LogP contribution < -0.4 is 5.32 Å². The monoisotopic (exact) mass is 259 g/mol. The molecule has 1 unspecified atom stereocenters. The fourth-order valence-electron chi connectivity index (χ4n) is 2.48. The van der Waals surface area contributed by atoms with Gasteiger partial charge in [-0.25, -0.2) is 4.98 Å². The van der Waals surface area contributed by atoms with Gasteiger partial charge in [-0.05, 0) is 25.1 Å². The smallest absolute Gasteiger partial charge is 0.254 e. The van der Waals surface area contributed by atoms with E-state index in [9.17, 15) is 4.79 Å². The van der Waals surface area contributed by atoms with E-state index in [2.05, 4.69) is 17.2 Å². The third-order valence-electron chi connectivity index (χ3n) is 3.50. The Labute approximate surface area is 111 Å². The number of benzene rings is 1. The number of hydrogen-bond donors (Lipinski definition) is 1. The Balaban J connectivity index is 1.92. The first-order valence-corrected chi connectivity index (χ1v) is 6.54. The lowest BCUT2D eigenvalue weighted by atomic mass is 10.1. The maximum atomic E-state index is 12.5. The average Bonchev–Trinajstić information content (AvgIpc) is 2.77. The molecule has 1 saturated heterocycles. The molecule has 1 aromatic carbocycles. The Kier molecular flexibility index (Phi) is 2.98. The zero-order chi connectivity index (χ0) is 13.4. The van der Waals surface area contributed by atoms with Gasteiger partial charge in [0, 0.05) is 38.2 Å². The van der Waals surface area contributed by atoms with Crippen molar-refractivity contribution in [2.24, 2.45) is 0 Å². The van der Waals surface area contributed by atoms with Crippen LogP contribution in [0.15, 0.2) is 22.6 Å². The van der Waals surface area contributed by atoms with Crippen LogP contribution in [-0.4, -0.2) is 41.5 Å². The number of oxazole rings is 1. The van der Waals surface area contributed by atoms with Crippen LogP contribution in [0.25, 0.3) is 11.1 Å². The summed E-state index contributed by atoms with van der Waals surface area (Å²) >= 11 is 0. The van der Waals surface area contributed by atoms with E-state index in [0.717, 1.165) is 25.2 Å². The summed E-state index contributed by atoms with van der Waals surface area (Å²) in [6.45, 7) is 6.30. The molecule has 1 aliphatic rings. The lowest BCUT2D eigenvalue weighted by Gasteiger charge is -2.34. The second-order valence-electron chi connectivity index (χ2n) is 4.97. The molecule has 5 heteroatoms. The van der Waals surface area contributed by atoms with Crippen LogP contribution >= 0.6 is 0 Å². The molecule has 1 N–H and O–H groups in total. The van der Waals surface area contributed by atoms with Gasteiger partial charge in [0.05, 0.1) is 0 Å². The Bertz CT molecular complexity index is 620. The first-order valence-electron chi connectivity index (χ1n) is 6.54. The van der Waals surface area contributed by atoms with E-state index in [0.29, 0.717) is 17.0 Å². The first-order chi connectivity index (χ1) is 9.15. The molecule has 1 aromatic heterocycles. The molecule has 3 rings (SSSR count). The molecule has 19 heavy (non-hydrogen) atoms. The first kappa shape index (κ1) is 12.2. The van der Waals surface area contributed by atoms with Crippen LogP contribution in [0.4, 0.5) is 0 Å². The van der Waals surface area contributed by atoms with Gasteiger partial charge < -0.3 is 14.6 Å². The maximum Gasteiger partial charge on any atom is 0.254 e. The van der Waals surface area contributed by atoms with Crippen molar-refractivity contribution in [1.29, 1.82) is 0 Å². The van der Waals surface area contributed by atoms with Gasteiger partial charge in [-0.2, -0.15) is 0 Å². The predicted octanol–water partition coefficient (Wildman–Crippen LogP) is 1.57. The number of aryl methyl sites for hydroxylation is 1. The van der Waals surface area contributed by atoms with E-state index >= 15 is 0 Å². The van der Waals surface area contributed by atoms with Crippen LogP contribution in [-0.2, 0) is 0 Å². The van der Waals surface area contributed by atoms with E-state index in [-0.39, 0.29) is 11.9 Å². The quantitative estimate of drug-likeness (QED) is 0.844. The van der Waals surface area contributed by atoms with E-state index in [1.807, 2.05) is 17.0 Å². The molecule has 1 fully saturated rings. The van der Waals surface area contributed by atoms with Gasteiger partial charge in [0.1, 0.15) is 5.52 Å². The van der Waals surface area contributed by atoms with E-state index < -0.39 is 0 Å². The van der Waals surface area contributed by atoms with Crippen LogP contribution in [0.1, 0.15) is 23.2 Å². The number of hydrogen-bond acceptors (Lipinski definition) is 4. The van der Waals surface area contributed by atoms with Crippen molar-refractivity contribution in [3.8, 4) is 0 Å².